The number of ether oxygens (including phenoxy) is 1. The normalized spacial score (nSPS) is 37.1. The summed E-state index contributed by atoms with van der Waals surface area (Å²) in [5, 5.41) is 3.56. The lowest BCUT2D eigenvalue weighted by molar-refractivity contribution is -0.165. The molecule has 0 radical (unpaired) electrons. The molecule has 3 aliphatic rings. The minimum absolute atomic E-state index is 0.147. The van der Waals surface area contributed by atoms with Crippen molar-refractivity contribution < 1.29 is 4.74 Å². The van der Waals surface area contributed by atoms with E-state index in [1.54, 1.807) is 0 Å². The Morgan fingerprint density at radius 3 is 2.27 bits per heavy atom. The van der Waals surface area contributed by atoms with Crippen LogP contribution >= 0.6 is 0 Å². The van der Waals surface area contributed by atoms with E-state index in [4.69, 9.17) is 4.74 Å². The van der Waals surface area contributed by atoms with Crippen molar-refractivity contribution in [2.75, 3.05) is 13.2 Å². The van der Waals surface area contributed by atoms with Crippen molar-refractivity contribution in [3.8, 4) is 0 Å². The van der Waals surface area contributed by atoms with Crippen molar-refractivity contribution >= 4 is 0 Å². The summed E-state index contributed by atoms with van der Waals surface area (Å²) in [5.74, 6) is 0. The zero-order valence-electron chi connectivity index (χ0n) is 6.86. The zero-order valence-corrected chi connectivity index (χ0v) is 6.86. The molecular formula is C9H15NO. The van der Waals surface area contributed by atoms with E-state index in [1.165, 1.54) is 38.6 Å². The maximum atomic E-state index is 5.87. The highest BCUT2D eigenvalue weighted by atomic mass is 16.5. The van der Waals surface area contributed by atoms with Crippen LogP contribution < -0.4 is 5.32 Å². The van der Waals surface area contributed by atoms with Crippen molar-refractivity contribution in [1.29, 1.82) is 0 Å². The molecule has 0 aromatic rings. The van der Waals surface area contributed by atoms with Crippen LogP contribution in [0.5, 0.6) is 0 Å². The van der Waals surface area contributed by atoms with Crippen LogP contribution in [0.4, 0.5) is 0 Å². The minimum atomic E-state index is 0.147. The van der Waals surface area contributed by atoms with Crippen LogP contribution in [0.25, 0.3) is 0 Å². The summed E-state index contributed by atoms with van der Waals surface area (Å²) >= 11 is 0. The van der Waals surface area contributed by atoms with Crippen molar-refractivity contribution in [2.45, 2.75) is 37.8 Å². The first-order valence-corrected chi connectivity index (χ1v) is 4.72. The van der Waals surface area contributed by atoms with E-state index >= 15 is 0 Å². The maximum absolute atomic E-state index is 5.87. The molecule has 3 rings (SSSR count). The molecule has 0 aromatic heterocycles. The molecule has 0 atom stereocenters. The Labute approximate surface area is 67.3 Å². The Kier molecular flexibility index (Phi) is 1.06. The highest BCUT2D eigenvalue weighted by molar-refractivity contribution is 5.02. The molecule has 1 saturated heterocycles. The van der Waals surface area contributed by atoms with E-state index in [0.717, 1.165) is 6.61 Å². The van der Waals surface area contributed by atoms with Gasteiger partial charge in [-0.2, -0.15) is 0 Å². The number of rotatable bonds is 0. The van der Waals surface area contributed by atoms with Gasteiger partial charge in [0.15, 0.2) is 0 Å². The standard InChI is InChI=1S/C9H15NO/c1-2-9(3-1)10-6-8(4-5-8)7-11-9/h10H,1-7H2. The summed E-state index contributed by atoms with van der Waals surface area (Å²) < 4.78 is 5.87. The Morgan fingerprint density at radius 1 is 1.09 bits per heavy atom. The summed E-state index contributed by atoms with van der Waals surface area (Å²) in [6.45, 7) is 2.24. The number of hydrogen-bond donors (Lipinski definition) is 1. The molecular weight excluding hydrogens is 138 g/mol. The fourth-order valence-electron chi connectivity index (χ4n) is 2.06. The first-order valence-electron chi connectivity index (χ1n) is 4.72. The van der Waals surface area contributed by atoms with Gasteiger partial charge in [0.05, 0.1) is 6.61 Å². The van der Waals surface area contributed by atoms with Gasteiger partial charge in [0.2, 0.25) is 0 Å². The molecule has 2 saturated carbocycles. The van der Waals surface area contributed by atoms with E-state index in [-0.39, 0.29) is 5.72 Å². The van der Waals surface area contributed by atoms with Crippen LogP contribution in [0.15, 0.2) is 0 Å². The van der Waals surface area contributed by atoms with E-state index < -0.39 is 0 Å². The molecule has 11 heavy (non-hydrogen) atoms. The molecule has 2 nitrogen and oxygen atoms in total. The van der Waals surface area contributed by atoms with Crippen molar-refractivity contribution in [1.82, 2.24) is 5.32 Å². The molecule has 2 spiro atoms. The van der Waals surface area contributed by atoms with Gasteiger partial charge < -0.3 is 4.74 Å². The summed E-state index contributed by atoms with van der Waals surface area (Å²) in [6.07, 6.45) is 6.60. The van der Waals surface area contributed by atoms with E-state index in [1.807, 2.05) is 0 Å². The van der Waals surface area contributed by atoms with Crippen molar-refractivity contribution in [2.24, 2.45) is 5.41 Å². The lowest BCUT2D eigenvalue weighted by atomic mass is 9.85. The quantitative estimate of drug-likeness (QED) is 0.566. The van der Waals surface area contributed by atoms with Gasteiger partial charge in [-0.05, 0) is 32.1 Å². The third kappa shape index (κ3) is 0.859. The van der Waals surface area contributed by atoms with Crippen LogP contribution in [-0.4, -0.2) is 18.9 Å². The smallest absolute Gasteiger partial charge is 0.119 e. The van der Waals surface area contributed by atoms with E-state index in [0.29, 0.717) is 5.41 Å². The molecule has 3 fully saturated rings. The fraction of sp³-hybridized carbons (Fsp3) is 1.00. The molecule has 1 N–H and O–H groups in total. The first-order chi connectivity index (χ1) is 5.33. The second kappa shape index (κ2) is 1.80. The van der Waals surface area contributed by atoms with Gasteiger partial charge in [-0.15, -0.1) is 0 Å². The predicted octanol–water partition coefficient (Wildman–Crippen LogP) is 1.27. The first kappa shape index (κ1) is 6.44. The molecule has 2 heteroatoms. The van der Waals surface area contributed by atoms with Crippen LogP contribution in [0.1, 0.15) is 32.1 Å². The molecule has 0 bridgehead atoms. The largest absolute Gasteiger partial charge is 0.360 e. The molecule has 1 heterocycles. The van der Waals surface area contributed by atoms with Crippen molar-refractivity contribution in [3.63, 3.8) is 0 Å². The third-order valence-electron chi connectivity index (χ3n) is 3.56. The van der Waals surface area contributed by atoms with Gasteiger partial charge in [-0.1, -0.05) is 0 Å². The monoisotopic (exact) mass is 153 g/mol. The van der Waals surface area contributed by atoms with Crippen LogP contribution in [-0.2, 0) is 4.74 Å². The molecule has 62 valence electrons. The van der Waals surface area contributed by atoms with E-state index in [2.05, 4.69) is 5.32 Å². The van der Waals surface area contributed by atoms with Gasteiger partial charge in [0, 0.05) is 12.0 Å². The van der Waals surface area contributed by atoms with Crippen molar-refractivity contribution in [3.05, 3.63) is 0 Å². The Balaban J connectivity index is 1.68. The average Bonchev–Trinajstić information content (AvgIpc) is 2.69. The van der Waals surface area contributed by atoms with Crippen LogP contribution in [0.2, 0.25) is 0 Å². The van der Waals surface area contributed by atoms with Gasteiger partial charge in [0.25, 0.3) is 0 Å². The summed E-state index contributed by atoms with van der Waals surface area (Å²) in [6, 6.07) is 0. The van der Waals surface area contributed by atoms with E-state index in [9.17, 15) is 0 Å². The minimum Gasteiger partial charge on any atom is -0.360 e. The molecule has 1 aliphatic heterocycles. The Hall–Kier alpha value is -0.0800. The predicted molar refractivity (Wildman–Crippen MR) is 42.2 cm³/mol. The molecule has 2 aliphatic carbocycles. The SMILES string of the molecule is C1CC2(C1)NCC1(CC1)CO2. The summed E-state index contributed by atoms with van der Waals surface area (Å²) in [4.78, 5) is 0. The highest BCUT2D eigenvalue weighted by Gasteiger charge is 2.51. The lowest BCUT2D eigenvalue weighted by Gasteiger charge is -2.47. The fourth-order valence-corrected chi connectivity index (χ4v) is 2.06. The number of nitrogens with one attached hydrogen (secondary N) is 1. The van der Waals surface area contributed by atoms with Crippen LogP contribution in [0.3, 0.4) is 0 Å². The summed E-state index contributed by atoms with van der Waals surface area (Å²) in [7, 11) is 0. The van der Waals surface area contributed by atoms with Gasteiger partial charge in [0.1, 0.15) is 5.72 Å². The topological polar surface area (TPSA) is 21.3 Å². The summed E-state index contributed by atoms with van der Waals surface area (Å²) in [5.41, 5.74) is 0.731. The van der Waals surface area contributed by atoms with Gasteiger partial charge in [-0.25, -0.2) is 0 Å². The third-order valence-corrected chi connectivity index (χ3v) is 3.56. The maximum Gasteiger partial charge on any atom is 0.119 e. The second-order valence-corrected chi connectivity index (χ2v) is 4.49. The molecule has 0 aromatic carbocycles. The van der Waals surface area contributed by atoms with Gasteiger partial charge in [-0.3, -0.25) is 5.32 Å². The lowest BCUT2D eigenvalue weighted by Crippen LogP contribution is -2.59. The number of hydrogen-bond acceptors (Lipinski definition) is 2. The van der Waals surface area contributed by atoms with Gasteiger partial charge >= 0.3 is 0 Å². The second-order valence-electron chi connectivity index (χ2n) is 4.49. The molecule has 0 unspecified atom stereocenters. The Bertz CT molecular complexity index is 170. The average molecular weight is 153 g/mol. The highest BCUT2D eigenvalue weighted by Crippen LogP contribution is 2.50. The molecule has 0 amide bonds. The van der Waals surface area contributed by atoms with Crippen LogP contribution in [0, 0.1) is 5.41 Å². The zero-order chi connectivity index (χ0) is 7.36. The Morgan fingerprint density at radius 2 is 1.91 bits per heavy atom.